The Hall–Kier alpha value is -2.21. The van der Waals surface area contributed by atoms with Gasteiger partial charge < -0.3 is 9.47 Å². The smallest absolute Gasteiger partial charge is 0.329 e. The molecule has 2 aromatic rings. The van der Waals surface area contributed by atoms with Gasteiger partial charge in [-0.25, -0.2) is 4.79 Å². The molecule has 1 aliphatic carbocycles. The van der Waals surface area contributed by atoms with E-state index in [-0.39, 0.29) is 11.5 Å². The Kier molecular flexibility index (Phi) is 4.76. The van der Waals surface area contributed by atoms with Gasteiger partial charge in [0.2, 0.25) is 0 Å². The Balaban J connectivity index is 1.70. The summed E-state index contributed by atoms with van der Waals surface area (Å²) in [5.74, 6) is 1.48. The number of aryl methyl sites for hydroxylation is 1. The summed E-state index contributed by atoms with van der Waals surface area (Å²) in [6.45, 7) is 4.46. The highest BCUT2D eigenvalue weighted by Crippen LogP contribution is 2.48. The predicted molar refractivity (Wildman–Crippen MR) is 105 cm³/mol. The fourth-order valence-electron chi connectivity index (χ4n) is 3.61. The molecule has 4 rings (SSSR count). The molecule has 0 amide bonds. The summed E-state index contributed by atoms with van der Waals surface area (Å²) in [6.07, 6.45) is 2.23. The molecule has 0 spiro atoms. The maximum absolute atomic E-state index is 12.8. The van der Waals surface area contributed by atoms with Crippen molar-refractivity contribution in [3.8, 4) is 5.75 Å². The molecule has 1 atom stereocenters. The minimum Gasteiger partial charge on any atom is -0.489 e. The van der Waals surface area contributed by atoms with E-state index < -0.39 is 6.04 Å². The number of ether oxygens (including phenoxy) is 2. The van der Waals surface area contributed by atoms with Crippen LogP contribution in [-0.4, -0.2) is 23.4 Å². The van der Waals surface area contributed by atoms with Crippen molar-refractivity contribution in [1.82, 2.24) is 4.57 Å². The summed E-state index contributed by atoms with van der Waals surface area (Å²) in [5.41, 5.74) is 4.25. The summed E-state index contributed by atoms with van der Waals surface area (Å²) in [6, 6.07) is 7.11. The van der Waals surface area contributed by atoms with E-state index in [0.717, 1.165) is 34.7 Å². The van der Waals surface area contributed by atoms with Crippen LogP contribution in [0.4, 0.5) is 0 Å². The fraction of sp³-hybridized carbons (Fsp3) is 0.429. The van der Waals surface area contributed by atoms with Crippen LogP contribution in [0.25, 0.3) is 0 Å². The van der Waals surface area contributed by atoms with E-state index >= 15 is 0 Å². The van der Waals surface area contributed by atoms with Crippen LogP contribution in [0.5, 0.6) is 5.75 Å². The van der Waals surface area contributed by atoms with Gasteiger partial charge in [0.15, 0.2) is 0 Å². The van der Waals surface area contributed by atoms with Gasteiger partial charge in [-0.1, -0.05) is 12.1 Å². The Bertz CT molecular complexity index is 961. The van der Waals surface area contributed by atoms with Crippen molar-refractivity contribution >= 4 is 17.7 Å². The van der Waals surface area contributed by atoms with Crippen LogP contribution in [0.2, 0.25) is 0 Å². The molecule has 27 heavy (non-hydrogen) atoms. The van der Waals surface area contributed by atoms with E-state index in [1.54, 1.807) is 22.4 Å². The van der Waals surface area contributed by atoms with Gasteiger partial charge in [0, 0.05) is 17.4 Å². The van der Waals surface area contributed by atoms with Gasteiger partial charge in [-0.2, -0.15) is 0 Å². The van der Waals surface area contributed by atoms with E-state index in [4.69, 9.17) is 9.47 Å². The standard InChI is InChI=1S/C21H23NO4S/c1-12-5-4-6-17(13(12)2)26-10-15-9-18(23)22-16(21(24)25-3)11-27-20(22)19(15)14-7-8-14/h4-6,9,14,16H,7-8,10-11H2,1-3H3. The zero-order valence-electron chi connectivity index (χ0n) is 15.8. The van der Waals surface area contributed by atoms with Crippen LogP contribution in [-0.2, 0) is 16.1 Å². The number of hydrogen-bond donors (Lipinski definition) is 0. The minimum atomic E-state index is -0.533. The highest BCUT2D eigenvalue weighted by molar-refractivity contribution is 7.99. The molecular weight excluding hydrogens is 362 g/mol. The summed E-state index contributed by atoms with van der Waals surface area (Å²) < 4.78 is 12.6. The molecule has 142 valence electrons. The lowest BCUT2D eigenvalue weighted by Crippen LogP contribution is -2.30. The molecule has 1 saturated carbocycles. The van der Waals surface area contributed by atoms with Crippen LogP contribution in [0, 0.1) is 13.8 Å². The number of methoxy groups -OCH3 is 1. The molecule has 0 N–H and O–H groups in total. The molecule has 1 fully saturated rings. The molecule has 6 heteroatoms. The zero-order chi connectivity index (χ0) is 19.1. The molecule has 1 aliphatic heterocycles. The van der Waals surface area contributed by atoms with Crippen LogP contribution in [0.3, 0.4) is 0 Å². The van der Waals surface area contributed by atoms with Crippen molar-refractivity contribution in [3.63, 3.8) is 0 Å². The van der Waals surface area contributed by atoms with Gasteiger partial charge in [-0.15, -0.1) is 11.8 Å². The van der Waals surface area contributed by atoms with Crippen molar-refractivity contribution in [2.24, 2.45) is 0 Å². The van der Waals surface area contributed by atoms with Crippen molar-refractivity contribution in [1.29, 1.82) is 0 Å². The van der Waals surface area contributed by atoms with Crippen LogP contribution < -0.4 is 10.3 Å². The fourth-order valence-corrected chi connectivity index (χ4v) is 5.02. The van der Waals surface area contributed by atoms with Gasteiger partial charge in [-0.3, -0.25) is 9.36 Å². The quantitative estimate of drug-likeness (QED) is 0.734. The Labute approximate surface area is 162 Å². The lowest BCUT2D eigenvalue weighted by atomic mass is 10.1. The first-order valence-electron chi connectivity index (χ1n) is 9.19. The second-order valence-corrected chi connectivity index (χ2v) is 8.22. The average Bonchev–Trinajstić information content (AvgIpc) is 3.39. The molecule has 1 unspecified atom stereocenters. The Morgan fingerprint density at radius 1 is 1.30 bits per heavy atom. The largest absolute Gasteiger partial charge is 0.489 e. The van der Waals surface area contributed by atoms with Crippen LogP contribution in [0.15, 0.2) is 34.1 Å². The van der Waals surface area contributed by atoms with Crippen molar-refractivity contribution in [2.45, 2.75) is 50.3 Å². The second kappa shape index (κ2) is 7.08. The number of esters is 1. The van der Waals surface area contributed by atoms with E-state index in [1.165, 1.54) is 18.2 Å². The lowest BCUT2D eigenvalue weighted by molar-refractivity contribution is -0.143. The highest BCUT2D eigenvalue weighted by atomic mass is 32.2. The number of nitrogens with zero attached hydrogens (tertiary/aromatic N) is 1. The second-order valence-electron chi connectivity index (χ2n) is 7.21. The molecule has 2 heterocycles. The van der Waals surface area contributed by atoms with E-state index in [2.05, 4.69) is 13.0 Å². The first-order valence-corrected chi connectivity index (χ1v) is 10.2. The number of carbonyl (C=O) groups is 1. The molecule has 2 aliphatic rings. The SMILES string of the molecule is COC(=O)C1CSc2c(C3CC3)c(COc3cccc(C)c3C)cc(=O)n21. The summed E-state index contributed by atoms with van der Waals surface area (Å²) in [5, 5.41) is 0.917. The molecular formula is C21H23NO4S. The molecule has 0 bridgehead atoms. The van der Waals surface area contributed by atoms with Crippen LogP contribution >= 0.6 is 11.8 Å². The zero-order valence-corrected chi connectivity index (χ0v) is 16.6. The Morgan fingerprint density at radius 2 is 2.07 bits per heavy atom. The van der Waals surface area contributed by atoms with Gasteiger partial charge in [0.05, 0.1) is 12.1 Å². The number of thioether (sulfide) groups is 1. The monoisotopic (exact) mass is 385 g/mol. The summed E-state index contributed by atoms with van der Waals surface area (Å²) in [7, 11) is 1.37. The van der Waals surface area contributed by atoms with Gasteiger partial charge >= 0.3 is 5.97 Å². The average molecular weight is 385 g/mol. The van der Waals surface area contributed by atoms with Crippen LogP contribution in [0.1, 0.15) is 47.1 Å². The highest BCUT2D eigenvalue weighted by Gasteiger charge is 2.38. The third-order valence-electron chi connectivity index (χ3n) is 5.42. The number of aromatic nitrogens is 1. The number of pyridine rings is 1. The van der Waals surface area contributed by atoms with Crippen molar-refractivity contribution in [2.75, 3.05) is 12.9 Å². The summed E-state index contributed by atoms with van der Waals surface area (Å²) in [4.78, 5) is 24.8. The Morgan fingerprint density at radius 3 is 2.78 bits per heavy atom. The number of hydrogen-bond acceptors (Lipinski definition) is 5. The number of rotatable bonds is 5. The predicted octanol–water partition coefficient (Wildman–Crippen LogP) is 3.74. The number of carbonyl (C=O) groups excluding carboxylic acids is 1. The van der Waals surface area contributed by atoms with Gasteiger partial charge in [0.25, 0.3) is 5.56 Å². The molecule has 5 nitrogen and oxygen atoms in total. The maximum atomic E-state index is 12.8. The summed E-state index contributed by atoms with van der Waals surface area (Å²) >= 11 is 1.58. The normalized spacial score (nSPS) is 18.3. The molecule has 0 radical (unpaired) electrons. The van der Waals surface area contributed by atoms with E-state index in [1.807, 2.05) is 19.1 Å². The maximum Gasteiger partial charge on any atom is 0.329 e. The van der Waals surface area contributed by atoms with E-state index in [9.17, 15) is 9.59 Å². The minimum absolute atomic E-state index is 0.158. The third kappa shape index (κ3) is 3.27. The first-order chi connectivity index (χ1) is 13.0. The van der Waals surface area contributed by atoms with Crippen molar-refractivity contribution in [3.05, 3.63) is 56.9 Å². The third-order valence-corrected chi connectivity index (χ3v) is 6.59. The number of benzene rings is 1. The first kappa shape index (κ1) is 18.2. The molecule has 0 saturated heterocycles. The van der Waals surface area contributed by atoms with Gasteiger partial charge in [-0.05, 0) is 55.4 Å². The van der Waals surface area contributed by atoms with Gasteiger partial charge in [0.1, 0.15) is 18.4 Å². The number of fused-ring (bicyclic) bond motifs is 1. The van der Waals surface area contributed by atoms with E-state index in [0.29, 0.717) is 18.3 Å². The molecule has 1 aromatic heterocycles. The molecule has 1 aromatic carbocycles. The topological polar surface area (TPSA) is 57.5 Å². The van der Waals surface area contributed by atoms with Crippen molar-refractivity contribution < 1.29 is 14.3 Å². The lowest BCUT2D eigenvalue weighted by Gasteiger charge is -2.18.